The Morgan fingerprint density at radius 1 is 0.875 bits per heavy atom. The molecular weight excluding hydrogens is 576 g/mol. The summed E-state index contributed by atoms with van der Waals surface area (Å²) in [5.74, 6) is -1.41. The summed E-state index contributed by atoms with van der Waals surface area (Å²) >= 11 is 3.49. The van der Waals surface area contributed by atoms with E-state index in [2.05, 4.69) is 31.9 Å². The number of benzene rings is 3. The third-order valence-corrected chi connectivity index (χ3v) is 7.85. The normalized spacial score (nSPS) is 19.3. The van der Waals surface area contributed by atoms with Gasteiger partial charge >= 0.3 is 0 Å². The molecule has 0 spiro atoms. The lowest BCUT2D eigenvalue weighted by Gasteiger charge is -2.37. The van der Waals surface area contributed by atoms with Gasteiger partial charge in [-0.25, -0.2) is 8.78 Å². The van der Waals surface area contributed by atoms with Gasteiger partial charge in [0.15, 0.2) is 0 Å². The summed E-state index contributed by atoms with van der Waals surface area (Å²) in [7, 11) is 0. The summed E-state index contributed by atoms with van der Waals surface area (Å²) in [5, 5.41) is 9.54. The van der Waals surface area contributed by atoms with Crippen LogP contribution in [0.1, 0.15) is 68.7 Å². The SMILES string of the molecule is CC(C)(C)NCC(=O)N[C@@H]1CC[C@@H](C(=O)NC(c2ccc(F)cc2)c2ccc(F)cc2)[C@H](c2ccc(Br)cc2)C1. The van der Waals surface area contributed by atoms with Gasteiger partial charge in [0.1, 0.15) is 11.6 Å². The van der Waals surface area contributed by atoms with E-state index in [1.807, 2.05) is 45.0 Å². The van der Waals surface area contributed by atoms with Gasteiger partial charge in [-0.05, 0) is 99.0 Å². The van der Waals surface area contributed by atoms with Crippen LogP contribution in [0.4, 0.5) is 8.78 Å². The second kappa shape index (κ2) is 13.0. The van der Waals surface area contributed by atoms with Crippen LogP contribution < -0.4 is 16.0 Å². The maximum atomic E-state index is 13.9. The van der Waals surface area contributed by atoms with E-state index < -0.39 is 6.04 Å². The van der Waals surface area contributed by atoms with Crippen LogP contribution in [0.3, 0.4) is 0 Å². The molecule has 2 amide bonds. The molecule has 0 aromatic heterocycles. The first-order valence-electron chi connectivity index (χ1n) is 13.6. The Kier molecular flexibility index (Phi) is 9.74. The maximum Gasteiger partial charge on any atom is 0.234 e. The molecule has 0 bridgehead atoms. The van der Waals surface area contributed by atoms with Crippen molar-refractivity contribution in [2.45, 2.75) is 63.6 Å². The highest BCUT2D eigenvalue weighted by Gasteiger charge is 2.37. The molecule has 3 N–H and O–H groups in total. The first-order chi connectivity index (χ1) is 19.0. The van der Waals surface area contributed by atoms with Gasteiger partial charge in [0.05, 0.1) is 12.6 Å². The lowest BCUT2D eigenvalue weighted by Crippen LogP contribution is -2.48. The van der Waals surface area contributed by atoms with Crippen molar-refractivity contribution >= 4 is 27.7 Å². The molecule has 3 aromatic rings. The molecular formula is C32H36BrF2N3O2. The zero-order valence-corrected chi connectivity index (χ0v) is 24.6. The number of carbonyl (C=O) groups excluding carboxylic acids is 2. The summed E-state index contributed by atoms with van der Waals surface area (Å²) in [6.45, 7) is 6.26. The molecule has 5 nitrogen and oxygen atoms in total. The Morgan fingerprint density at radius 2 is 1.43 bits per heavy atom. The van der Waals surface area contributed by atoms with Crippen LogP contribution in [-0.4, -0.2) is 29.9 Å². The molecule has 40 heavy (non-hydrogen) atoms. The third-order valence-electron chi connectivity index (χ3n) is 7.32. The molecule has 0 unspecified atom stereocenters. The van der Waals surface area contributed by atoms with Gasteiger partial charge in [0, 0.05) is 22.0 Å². The summed E-state index contributed by atoms with van der Waals surface area (Å²) < 4.78 is 28.3. The fraction of sp³-hybridized carbons (Fsp3) is 0.375. The molecule has 0 aliphatic heterocycles. The molecule has 4 rings (SSSR count). The van der Waals surface area contributed by atoms with Crippen LogP contribution in [0.2, 0.25) is 0 Å². The quantitative estimate of drug-likeness (QED) is 0.276. The van der Waals surface area contributed by atoms with Crippen LogP contribution in [0, 0.1) is 17.6 Å². The number of amides is 2. The minimum atomic E-state index is -0.569. The summed E-state index contributed by atoms with van der Waals surface area (Å²) in [6, 6.07) is 19.3. The Labute approximate surface area is 243 Å². The van der Waals surface area contributed by atoms with Crippen LogP contribution >= 0.6 is 15.9 Å². The smallest absolute Gasteiger partial charge is 0.234 e. The number of hydrogen-bond acceptors (Lipinski definition) is 3. The van der Waals surface area contributed by atoms with Crippen molar-refractivity contribution in [1.82, 2.24) is 16.0 Å². The summed E-state index contributed by atoms with van der Waals surface area (Å²) in [6.07, 6.45) is 1.88. The minimum absolute atomic E-state index is 0.0584. The third kappa shape index (κ3) is 8.21. The maximum absolute atomic E-state index is 13.9. The minimum Gasteiger partial charge on any atom is -0.352 e. The highest BCUT2D eigenvalue weighted by atomic mass is 79.9. The molecule has 1 saturated carbocycles. The first kappa shape index (κ1) is 29.9. The Hall–Kier alpha value is -3.10. The molecule has 3 atom stereocenters. The van der Waals surface area contributed by atoms with E-state index in [0.717, 1.165) is 10.0 Å². The van der Waals surface area contributed by atoms with E-state index >= 15 is 0 Å². The first-order valence-corrected chi connectivity index (χ1v) is 14.4. The van der Waals surface area contributed by atoms with E-state index in [4.69, 9.17) is 0 Å². The van der Waals surface area contributed by atoms with Crippen LogP contribution in [0.15, 0.2) is 77.3 Å². The zero-order valence-electron chi connectivity index (χ0n) is 23.0. The molecule has 8 heteroatoms. The van der Waals surface area contributed by atoms with Crippen LogP contribution in [-0.2, 0) is 9.59 Å². The average Bonchev–Trinajstić information content (AvgIpc) is 2.92. The molecule has 0 saturated heterocycles. The van der Waals surface area contributed by atoms with E-state index in [-0.39, 0.29) is 53.4 Å². The number of halogens is 3. The van der Waals surface area contributed by atoms with E-state index in [1.165, 1.54) is 24.3 Å². The monoisotopic (exact) mass is 611 g/mol. The molecule has 1 fully saturated rings. The van der Waals surface area contributed by atoms with Crippen molar-refractivity contribution in [2.75, 3.05) is 6.54 Å². The highest BCUT2D eigenvalue weighted by molar-refractivity contribution is 9.10. The zero-order chi connectivity index (χ0) is 28.9. The van der Waals surface area contributed by atoms with Gasteiger partial charge in [-0.15, -0.1) is 0 Å². The topological polar surface area (TPSA) is 70.2 Å². The van der Waals surface area contributed by atoms with E-state index in [9.17, 15) is 18.4 Å². The van der Waals surface area contributed by atoms with Crippen molar-refractivity contribution in [2.24, 2.45) is 5.92 Å². The molecule has 1 aliphatic rings. The fourth-order valence-corrected chi connectivity index (χ4v) is 5.50. The highest BCUT2D eigenvalue weighted by Crippen LogP contribution is 2.39. The predicted octanol–water partition coefficient (Wildman–Crippen LogP) is 6.39. The fourth-order valence-electron chi connectivity index (χ4n) is 5.24. The van der Waals surface area contributed by atoms with Gasteiger partial charge in [-0.1, -0.05) is 52.3 Å². The van der Waals surface area contributed by atoms with Gasteiger partial charge in [-0.2, -0.15) is 0 Å². The predicted molar refractivity (Wildman–Crippen MR) is 157 cm³/mol. The lowest BCUT2D eigenvalue weighted by molar-refractivity contribution is -0.127. The second-order valence-electron chi connectivity index (χ2n) is 11.5. The van der Waals surface area contributed by atoms with E-state index in [0.29, 0.717) is 30.4 Å². The lowest BCUT2D eigenvalue weighted by atomic mass is 9.73. The standard InChI is InChI=1S/C32H36BrF2N3O2/c1-32(2,3)36-19-29(39)37-26-16-17-27(28(18-26)20-4-10-23(33)11-5-20)31(40)38-30(21-6-12-24(34)13-7-21)22-8-14-25(35)15-9-22/h4-15,26-28,30,36H,16-19H2,1-3H3,(H,37,39)(H,38,40)/t26-,27-,28+/m1/s1. The van der Waals surface area contributed by atoms with Crippen molar-refractivity contribution in [3.05, 3.63) is 106 Å². The molecule has 3 aromatic carbocycles. The van der Waals surface area contributed by atoms with Gasteiger partial charge in [-0.3, -0.25) is 9.59 Å². The molecule has 0 radical (unpaired) electrons. The average molecular weight is 613 g/mol. The Balaban J connectivity index is 1.56. The summed E-state index contributed by atoms with van der Waals surface area (Å²) in [5.41, 5.74) is 2.26. The van der Waals surface area contributed by atoms with E-state index in [1.54, 1.807) is 24.3 Å². The van der Waals surface area contributed by atoms with Crippen molar-refractivity contribution in [3.63, 3.8) is 0 Å². The Bertz CT molecular complexity index is 1250. The van der Waals surface area contributed by atoms with Crippen LogP contribution in [0.25, 0.3) is 0 Å². The molecule has 0 heterocycles. The number of carbonyl (C=O) groups is 2. The van der Waals surface area contributed by atoms with Crippen molar-refractivity contribution < 1.29 is 18.4 Å². The summed E-state index contributed by atoms with van der Waals surface area (Å²) in [4.78, 5) is 26.6. The molecule has 1 aliphatic carbocycles. The van der Waals surface area contributed by atoms with Crippen molar-refractivity contribution in [3.8, 4) is 0 Å². The van der Waals surface area contributed by atoms with Crippen LogP contribution in [0.5, 0.6) is 0 Å². The number of nitrogens with one attached hydrogen (secondary N) is 3. The van der Waals surface area contributed by atoms with Gasteiger partial charge in [0.25, 0.3) is 0 Å². The second-order valence-corrected chi connectivity index (χ2v) is 12.4. The van der Waals surface area contributed by atoms with Crippen molar-refractivity contribution in [1.29, 1.82) is 0 Å². The van der Waals surface area contributed by atoms with Gasteiger partial charge in [0.2, 0.25) is 11.8 Å². The number of rotatable bonds is 8. The number of hydrogen-bond donors (Lipinski definition) is 3. The Morgan fingerprint density at radius 3 is 1.95 bits per heavy atom. The largest absolute Gasteiger partial charge is 0.352 e. The molecule has 212 valence electrons. The van der Waals surface area contributed by atoms with Gasteiger partial charge < -0.3 is 16.0 Å².